The van der Waals surface area contributed by atoms with Crippen molar-refractivity contribution in [3.8, 4) is 12.3 Å². The number of nitrogens with two attached hydrogens (primary N) is 1. The molecule has 1 fully saturated rings. The first-order valence-electron chi connectivity index (χ1n) is 4.44. The molecule has 3 unspecified atom stereocenters. The van der Waals surface area contributed by atoms with Crippen molar-refractivity contribution in [2.24, 2.45) is 17.6 Å². The second-order valence-corrected chi connectivity index (χ2v) is 3.64. The van der Waals surface area contributed by atoms with E-state index in [1.54, 1.807) is 0 Å². The van der Waals surface area contributed by atoms with E-state index < -0.39 is 0 Å². The monoisotopic (exact) mass is 151 g/mol. The van der Waals surface area contributed by atoms with Crippen LogP contribution in [-0.4, -0.2) is 6.04 Å². The van der Waals surface area contributed by atoms with E-state index in [0.717, 1.165) is 12.3 Å². The average molecular weight is 151 g/mol. The van der Waals surface area contributed by atoms with Crippen LogP contribution in [0.1, 0.15) is 32.6 Å². The van der Waals surface area contributed by atoms with E-state index in [0.29, 0.717) is 5.92 Å². The van der Waals surface area contributed by atoms with Crippen molar-refractivity contribution < 1.29 is 0 Å². The molecule has 1 saturated carbocycles. The third-order valence-electron chi connectivity index (χ3n) is 2.83. The van der Waals surface area contributed by atoms with Gasteiger partial charge in [0, 0.05) is 12.5 Å². The highest BCUT2D eigenvalue weighted by Crippen LogP contribution is 2.33. The van der Waals surface area contributed by atoms with Gasteiger partial charge in [0.25, 0.3) is 0 Å². The van der Waals surface area contributed by atoms with Crippen LogP contribution in [-0.2, 0) is 0 Å². The van der Waals surface area contributed by atoms with Gasteiger partial charge in [-0.2, -0.15) is 0 Å². The van der Waals surface area contributed by atoms with Crippen molar-refractivity contribution in [1.82, 2.24) is 0 Å². The summed E-state index contributed by atoms with van der Waals surface area (Å²) in [7, 11) is 0. The van der Waals surface area contributed by atoms with E-state index in [1.165, 1.54) is 19.3 Å². The van der Waals surface area contributed by atoms with E-state index in [9.17, 15) is 0 Å². The third-order valence-corrected chi connectivity index (χ3v) is 2.83. The van der Waals surface area contributed by atoms with Gasteiger partial charge in [-0.25, -0.2) is 0 Å². The fraction of sp³-hybridized carbons (Fsp3) is 0.800. The molecule has 0 amide bonds. The van der Waals surface area contributed by atoms with E-state index >= 15 is 0 Å². The van der Waals surface area contributed by atoms with Gasteiger partial charge in [0.05, 0.1) is 0 Å². The molecule has 62 valence electrons. The molecule has 3 atom stereocenters. The second-order valence-electron chi connectivity index (χ2n) is 3.64. The van der Waals surface area contributed by atoms with Crippen molar-refractivity contribution in [3.63, 3.8) is 0 Å². The molecule has 1 aliphatic rings. The minimum absolute atomic E-state index is 0.248. The quantitative estimate of drug-likeness (QED) is 0.598. The van der Waals surface area contributed by atoms with Crippen LogP contribution < -0.4 is 5.73 Å². The molecule has 0 aliphatic heterocycles. The molecule has 1 rings (SSSR count). The maximum atomic E-state index is 5.94. The Bertz CT molecular complexity index is 157. The highest BCUT2D eigenvalue weighted by Gasteiger charge is 2.27. The number of rotatable bonds is 2. The molecule has 0 aromatic heterocycles. The van der Waals surface area contributed by atoms with Gasteiger partial charge in [-0.1, -0.05) is 19.8 Å². The van der Waals surface area contributed by atoms with E-state index in [2.05, 4.69) is 12.8 Å². The Labute approximate surface area is 69.4 Å². The zero-order valence-electron chi connectivity index (χ0n) is 7.22. The summed E-state index contributed by atoms with van der Waals surface area (Å²) in [6.07, 6.45) is 9.91. The fourth-order valence-electron chi connectivity index (χ4n) is 2.10. The van der Waals surface area contributed by atoms with Crippen LogP contribution in [0.2, 0.25) is 0 Å². The SMILES string of the molecule is C#CCC(N)C1CCCC1C. The number of terminal acetylenes is 1. The summed E-state index contributed by atoms with van der Waals surface area (Å²) >= 11 is 0. The standard InChI is InChI=1S/C10H17N/c1-3-5-10(11)9-7-4-6-8(9)2/h1,8-10H,4-7,11H2,2H3. The minimum Gasteiger partial charge on any atom is -0.327 e. The van der Waals surface area contributed by atoms with Gasteiger partial charge in [-0.15, -0.1) is 12.3 Å². The minimum atomic E-state index is 0.248. The van der Waals surface area contributed by atoms with Gasteiger partial charge in [0.2, 0.25) is 0 Å². The third kappa shape index (κ3) is 1.97. The van der Waals surface area contributed by atoms with Crippen molar-refractivity contribution in [1.29, 1.82) is 0 Å². The molecule has 0 radical (unpaired) electrons. The van der Waals surface area contributed by atoms with Gasteiger partial charge in [-0.3, -0.25) is 0 Å². The first kappa shape index (κ1) is 8.62. The Morgan fingerprint density at radius 3 is 2.82 bits per heavy atom. The van der Waals surface area contributed by atoms with Crippen molar-refractivity contribution in [2.45, 2.75) is 38.6 Å². The summed E-state index contributed by atoms with van der Waals surface area (Å²) in [6, 6.07) is 0.248. The lowest BCUT2D eigenvalue weighted by Gasteiger charge is -2.20. The lowest BCUT2D eigenvalue weighted by Crippen LogP contribution is -2.31. The number of hydrogen-bond donors (Lipinski definition) is 1. The van der Waals surface area contributed by atoms with Crippen LogP contribution in [0.3, 0.4) is 0 Å². The van der Waals surface area contributed by atoms with E-state index in [-0.39, 0.29) is 6.04 Å². The topological polar surface area (TPSA) is 26.0 Å². The first-order valence-corrected chi connectivity index (χ1v) is 4.44. The van der Waals surface area contributed by atoms with E-state index in [4.69, 9.17) is 12.2 Å². The van der Waals surface area contributed by atoms with Crippen LogP contribution in [0, 0.1) is 24.2 Å². The summed E-state index contributed by atoms with van der Waals surface area (Å²) in [5.41, 5.74) is 5.94. The largest absolute Gasteiger partial charge is 0.327 e. The summed E-state index contributed by atoms with van der Waals surface area (Å²) < 4.78 is 0. The maximum absolute atomic E-state index is 5.94. The maximum Gasteiger partial charge on any atom is 0.0241 e. The lowest BCUT2D eigenvalue weighted by atomic mass is 9.89. The van der Waals surface area contributed by atoms with Gasteiger partial charge in [-0.05, 0) is 18.3 Å². The fourth-order valence-corrected chi connectivity index (χ4v) is 2.10. The summed E-state index contributed by atoms with van der Waals surface area (Å²) in [6.45, 7) is 2.29. The second kappa shape index (κ2) is 3.78. The predicted molar refractivity (Wildman–Crippen MR) is 47.9 cm³/mol. The van der Waals surface area contributed by atoms with Crippen molar-refractivity contribution in [2.75, 3.05) is 0 Å². The summed E-state index contributed by atoms with van der Waals surface area (Å²) in [5, 5.41) is 0. The molecule has 0 saturated heterocycles. The zero-order chi connectivity index (χ0) is 8.27. The smallest absolute Gasteiger partial charge is 0.0241 e. The van der Waals surface area contributed by atoms with Gasteiger partial charge in [0.1, 0.15) is 0 Å². The Morgan fingerprint density at radius 1 is 1.64 bits per heavy atom. The molecule has 1 heteroatoms. The molecule has 1 aliphatic carbocycles. The summed E-state index contributed by atoms with van der Waals surface area (Å²) in [4.78, 5) is 0. The summed E-state index contributed by atoms with van der Waals surface area (Å²) in [5.74, 6) is 4.12. The normalized spacial score (nSPS) is 33.2. The zero-order valence-corrected chi connectivity index (χ0v) is 7.22. The van der Waals surface area contributed by atoms with Crippen molar-refractivity contribution >= 4 is 0 Å². The molecule has 11 heavy (non-hydrogen) atoms. The van der Waals surface area contributed by atoms with Crippen LogP contribution in [0.25, 0.3) is 0 Å². The molecule has 2 N–H and O–H groups in total. The first-order chi connectivity index (χ1) is 5.25. The van der Waals surface area contributed by atoms with Gasteiger partial charge < -0.3 is 5.73 Å². The van der Waals surface area contributed by atoms with Crippen LogP contribution in [0.5, 0.6) is 0 Å². The molecular formula is C10H17N. The predicted octanol–water partition coefficient (Wildman–Crippen LogP) is 1.77. The molecule has 0 heterocycles. The molecular weight excluding hydrogens is 134 g/mol. The lowest BCUT2D eigenvalue weighted by molar-refractivity contribution is 0.348. The molecule has 0 aromatic rings. The van der Waals surface area contributed by atoms with E-state index in [1.807, 2.05) is 0 Å². The Morgan fingerprint density at radius 2 is 2.36 bits per heavy atom. The van der Waals surface area contributed by atoms with Crippen LogP contribution in [0.4, 0.5) is 0 Å². The Kier molecular flexibility index (Phi) is 2.96. The molecule has 0 spiro atoms. The Balaban J connectivity index is 2.40. The molecule has 0 aromatic carbocycles. The van der Waals surface area contributed by atoms with Gasteiger partial charge in [0.15, 0.2) is 0 Å². The Hall–Kier alpha value is -0.480. The van der Waals surface area contributed by atoms with Crippen LogP contribution >= 0.6 is 0 Å². The highest BCUT2D eigenvalue weighted by atomic mass is 14.7. The molecule has 1 nitrogen and oxygen atoms in total. The molecule has 0 bridgehead atoms. The average Bonchev–Trinajstić information content (AvgIpc) is 2.36. The van der Waals surface area contributed by atoms with Crippen LogP contribution in [0.15, 0.2) is 0 Å². The van der Waals surface area contributed by atoms with Crippen molar-refractivity contribution in [3.05, 3.63) is 0 Å². The number of hydrogen-bond acceptors (Lipinski definition) is 1. The van der Waals surface area contributed by atoms with Gasteiger partial charge >= 0.3 is 0 Å². The highest BCUT2D eigenvalue weighted by molar-refractivity contribution is 4.93.